The summed E-state index contributed by atoms with van der Waals surface area (Å²) >= 11 is 1.46. The van der Waals surface area contributed by atoms with Gasteiger partial charge >= 0.3 is 0 Å². The second kappa shape index (κ2) is 8.05. The maximum atomic E-state index is 12.7. The molecule has 1 atom stereocenters. The van der Waals surface area contributed by atoms with E-state index in [0.717, 1.165) is 44.4 Å². The predicted molar refractivity (Wildman–Crippen MR) is 97.4 cm³/mol. The van der Waals surface area contributed by atoms with Crippen molar-refractivity contribution >= 4 is 17.7 Å². The third kappa shape index (κ3) is 3.90. The van der Waals surface area contributed by atoms with E-state index in [2.05, 4.69) is 22.0 Å². The van der Waals surface area contributed by atoms with Gasteiger partial charge in [0.1, 0.15) is 0 Å². The molecule has 1 aliphatic rings. The fourth-order valence-corrected chi connectivity index (χ4v) is 4.00. The topological polar surface area (TPSA) is 67.4 Å². The number of furan rings is 1. The summed E-state index contributed by atoms with van der Waals surface area (Å²) in [7, 11) is 0. The number of likely N-dealkylation sites (N-methyl/N-ethyl adjacent to an activating group) is 1. The second-order valence-electron chi connectivity index (χ2n) is 6.05. The lowest BCUT2D eigenvalue weighted by molar-refractivity contribution is -0.132. The highest BCUT2D eigenvalue weighted by molar-refractivity contribution is 8.00. The van der Waals surface area contributed by atoms with E-state index in [1.165, 1.54) is 11.8 Å². The normalized spacial score (nSPS) is 17.0. The van der Waals surface area contributed by atoms with E-state index in [-0.39, 0.29) is 11.2 Å². The number of carbonyl (C=O) groups is 1. The number of hydrogen-bond acceptors (Lipinski definition) is 6. The molecule has 0 radical (unpaired) electrons. The van der Waals surface area contributed by atoms with Crippen molar-refractivity contribution in [1.29, 1.82) is 0 Å². The number of aromatic nitrogens is 3. The van der Waals surface area contributed by atoms with E-state index in [1.807, 2.05) is 35.4 Å². The molecule has 136 valence electrons. The summed E-state index contributed by atoms with van der Waals surface area (Å²) in [4.78, 5) is 17.1. The Morgan fingerprint density at radius 1 is 1.24 bits per heavy atom. The monoisotopic (exact) mass is 363 g/mol. The number of nitrogens with zero attached hydrogens (tertiary/aromatic N) is 5. The first-order valence-corrected chi connectivity index (χ1v) is 9.66. The van der Waals surface area contributed by atoms with Crippen LogP contribution in [0.25, 0.3) is 11.6 Å². The van der Waals surface area contributed by atoms with E-state index in [4.69, 9.17) is 4.42 Å². The zero-order chi connectivity index (χ0) is 17.8. The molecule has 0 saturated carbocycles. The van der Waals surface area contributed by atoms with E-state index in [9.17, 15) is 4.79 Å². The van der Waals surface area contributed by atoms with Gasteiger partial charge in [0, 0.05) is 32.7 Å². The van der Waals surface area contributed by atoms with Crippen LogP contribution in [0.5, 0.6) is 0 Å². The van der Waals surface area contributed by atoms with Gasteiger partial charge in [-0.2, -0.15) is 0 Å². The smallest absolute Gasteiger partial charge is 0.235 e. The van der Waals surface area contributed by atoms with Crippen molar-refractivity contribution in [3.8, 4) is 11.6 Å². The standard InChI is InChI=1S/C17H25N5O2S/c1-4-20-8-10-21(11-9-20)16(23)13(3)25-17-19-18-15(22(17)5-2)14-7-6-12-24-14/h6-7,12-13H,4-5,8-11H2,1-3H3. The quantitative estimate of drug-likeness (QED) is 0.733. The Morgan fingerprint density at radius 3 is 2.60 bits per heavy atom. The van der Waals surface area contributed by atoms with Gasteiger partial charge in [-0.05, 0) is 32.5 Å². The van der Waals surface area contributed by atoms with E-state index in [0.29, 0.717) is 11.6 Å². The highest BCUT2D eigenvalue weighted by Crippen LogP contribution is 2.27. The fraction of sp³-hybridized carbons (Fsp3) is 0.588. The molecule has 7 nitrogen and oxygen atoms in total. The molecule has 0 spiro atoms. The molecule has 2 aromatic rings. The van der Waals surface area contributed by atoms with Gasteiger partial charge in [0.25, 0.3) is 0 Å². The van der Waals surface area contributed by atoms with Crippen LogP contribution >= 0.6 is 11.8 Å². The zero-order valence-electron chi connectivity index (χ0n) is 15.0. The lowest BCUT2D eigenvalue weighted by atomic mass is 10.3. The highest BCUT2D eigenvalue weighted by atomic mass is 32.2. The summed E-state index contributed by atoms with van der Waals surface area (Å²) in [5.74, 6) is 1.56. The number of hydrogen-bond donors (Lipinski definition) is 0. The molecule has 3 heterocycles. The molecular weight excluding hydrogens is 338 g/mol. The van der Waals surface area contributed by atoms with Gasteiger partial charge < -0.3 is 14.2 Å². The Morgan fingerprint density at radius 2 is 2.00 bits per heavy atom. The van der Waals surface area contributed by atoms with Crippen molar-refractivity contribution in [2.75, 3.05) is 32.7 Å². The third-order valence-corrected chi connectivity index (χ3v) is 5.60. The summed E-state index contributed by atoms with van der Waals surface area (Å²) < 4.78 is 7.42. The van der Waals surface area contributed by atoms with Gasteiger partial charge in [-0.15, -0.1) is 10.2 Å². The first kappa shape index (κ1) is 18.0. The van der Waals surface area contributed by atoms with Gasteiger partial charge in [-0.25, -0.2) is 0 Å². The van der Waals surface area contributed by atoms with Crippen LogP contribution in [0.4, 0.5) is 0 Å². The SMILES string of the molecule is CCN1CCN(C(=O)C(C)Sc2nnc(-c3ccco3)n2CC)CC1. The number of thioether (sulfide) groups is 1. The van der Waals surface area contributed by atoms with E-state index < -0.39 is 0 Å². The van der Waals surface area contributed by atoms with E-state index in [1.54, 1.807) is 6.26 Å². The van der Waals surface area contributed by atoms with Gasteiger partial charge in [-0.1, -0.05) is 18.7 Å². The molecule has 0 N–H and O–H groups in total. The number of piperazine rings is 1. The summed E-state index contributed by atoms with van der Waals surface area (Å²) in [5.41, 5.74) is 0. The van der Waals surface area contributed by atoms with Crippen molar-refractivity contribution < 1.29 is 9.21 Å². The molecule has 0 bridgehead atoms. The largest absolute Gasteiger partial charge is 0.461 e. The molecule has 2 aromatic heterocycles. The second-order valence-corrected chi connectivity index (χ2v) is 7.36. The first-order valence-electron chi connectivity index (χ1n) is 8.78. The van der Waals surface area contributed by atoms with E-state index >= 15 is 0 Å². The van der Waals surface area contributed by atoms with Gasteiger partial charge in [0.05, 0.1) is 11.5 Å². The Kier molecular flexibility index (Phi) is 5.80. The van der Waals surface area contributed by atoms with Gasteiger partial charge in [0.2, 0.25) is 5.91 Å². The maximum absolute atomic E-state index is 12.7. The average molecular weight is 363 g/mol. The Labute approximate surface area is 152 Å². The predicted octanol–water partition coefficient (Wildman–Crippen LogP) is 2.20. The number of amides is 1. The number of carbonyl (C=O) groups excluding carboxylic acids is 1. The van der Waals surface area contributed by atoms with Crippen LogP contribution < -0.4 is 0 Å². The lowest BCUT2D eigenvalue weighted by Crippen LogP contribution is -2.50. The minimum absolute atomic E-state index is 0.172. The highest BCUT2D eigenvalue weighted by Gasteiger charge is 2.27. The molecule has 1 aliphatic heterocycles. The first-order chi connectivity index (χ1) is 12.1. The zero-order valence-corrected chi connectivity index (χ0v) is 15.8. The van der Waals surface area contributed by atoms with Crippen molar-refractivity contribution in [3.05, 3.63) is 18.4 Å². The molecular formula is C17H25N5O2S. The molecule has 3 rings (SSSR count). The molecule has 1 saturated heterocycles. The molecule has 0 aliphatic carbocycles. The molecule has 1 fully saturated rings. The van der Waals surface area contributed by atoms with Crippen LogP contribution in [-0.4, -0.2) is 68.4 Å². The van der Waals surface area contributed by atoms with Crippen LogP contribution in [0.15, 0.2) is 28.0 Å². The summed E-state index contributed by atoms with van der Waals surface area (Å²) in [6.45, 7) is 11.4. The van der Waals surface area contributed by atoms with Gasteiger partial charge in [-0.3, -0.25) is 9.36 Å². The minimum Gasteiger partial charge on any atom is -0.461 e. The van der Waals surface area contributed by atoms with Crippen LogP contribution in [0.3, 0.4) is 0 Å². The van der Waals surface area contributed by atoms with Crippen molar-refractivity contribution in [1.82, 2.24) is 24.6 Å². The average Bonchev–Trinajstić information content (AvgIpc) is 3.30. The van der Waals surface area contributed by atoms with Crippen molar-refractivity contribution in [2.45, 2.75) is 37.7 Å². The fourth-order valence-electron chi connectivity index (χ4n) is 3.00. The molecule has 1 unspecified atom stereocenters. The van der Waals surface area contributed by atoms with Crippen LogP contribution in [-0.2, 0) is 11.3 Å². The summed E-state index contributed by atoms with van der Waals surface area (Å²) in [6.07, 6.45) is 1.62. The maximum Gasteiger partial charge on any atom is 0.235 e. The Balaban J connectivity index is 1.67. The van der Waals surface area contributed by atoms with Crippen molar-refractivity contribution in [2.24, 2.45) is 0 Å². The summed E-state index contributed by atoms with van der Waals surface area (Å²) in [5, 5.41) is 9.08. The number of rotatable bonds is 6. The van der Waals surface area contributed by atoms with Gasteiger partial charge in [0.15, 0.2) is 16.7 Å². The molecule has 8 heteroatoms. The van der Waals surface area contributed by atoms with Crippen LogP contribution in [0.2, 0.25) is 0 Å². The molecule has 25 heavy (non-hydrogen) atoms. The van der Waals surface area contributed by atoms with Crippen LogP contribution in [0.1, 0.15) is 20.8 Å². The molecule has 1 amide bonds. The third-order valence-electron chi connectivity index (χ3n) is 4.54. The summed E-state index contributed by atoms with van der Waals surface area (Å²) in [6, 6.07) is 3.70. The minimum atomic E-state index is -0.188. The van der Waals surface area contributed by atoms with Crippen LogP contribution in [0, 0.1) is 0 Å². The Bertz CT molecular complexity index is 692. The Hall–Kier alpha value is -1.80. The lowest BCUT2D eigenvalue weighted by Gasteiger charge is -2.35. The molecule has 0 aromatic carbocycles. The van der Waals surface area contributed by atoms with Crippen molar-refractivity contribution in [3.63, 3.8) is 0 Å².